The van der Waals surface area contributed by atoms with E-state index in [1.54, 1.807) is 7.11 Å². The first-order chi connectivity index (χ1) is 6.74. The summed E-state index contributed by atoms with van der Waals surface area (Å²) in [5.74, 6) is 0.944. The second-order valence-corrected chi connectivity index (χ2v) is 2.24. The Balaban J connectivity index is -0.000000266. The first-order valence-electron chi connectivity index (χ1n) is 5.62. The highest BCUT2D eigenvalue weighted by atomic mass is 16.5. The molecule has 0 atom stereocenters. The Bertz CT molecular complexity index is 143. The van der Waals surface area contributed by atoms with Gasteiger partial charge in [0.2, 0.25) is 0 Å². The number of rotatable bonds is 3. The van der Waals surface area contributed by atoms with E-state index in [0.29, 0.717) is 0 Å². The summed E-state index contributed by atoms with van der Waals surface area (Å²) in [6, 6.07) is 0. The van der Waals surface area contributed by atoms with Crippen molar-refractivity contribution in [2.75, 3.05) is 7.11 Å². The lowest BCUT2D eigenvalue weighted by Crippen LogP contribution is -1.82. The lowest BCUT2D eigenvalue weighted by atomic mass is 10.2. The molecule has 0 aromatic heterocycles. The fourth-order valence-corrected chi connectivity index (χ4v) is 0.605. The van der Waals surface area contributed by atoms with E-state index >= 15 is 0 Å². The molecule has 1 heteroatoms. The molecular formula is C13H28O. The van der Waals surface area contributed by atoms with Crippen LogP contribution in [0.5, 0.6) is 0 Å². The van der Waals surface area contributed by atoms with Gasteiger partial charge in [-0.1, -0.05) is 40.2 Å². The summed E-state index contributed by atoms with van der Waals surface area (Å²) >= 11 is 0. The first-order valence-corrected chi connectivity index (χ1v) is 5.62. The molecule has 0 amide bonds. The van der Waals surface area contributed by atoms with Gasteiger partial charge in [0.15, 0.2) is 0 Å². The normalized spacial score (nSPS) is 10.6. The van der Waals surface area contributed by atoms with Gasteiger partial charge in [-0.25, -0.2) is 0 Å². The molecule has 0 aliphatic heterocycles. The van der Waals surface area contributed by atoms with Crippen molar-refractivity contribution in [3.8, 4) is 0 Å². The van der Waals surface area contributed by atoms with Crippen molar-refractivity contribution < 1.29 is 4.74 Å². The van der Waals surface area contributed by atoms with Gasteiger partial charge in [0.25, 0.3) is 0 Å². The average Bonchev–Trinajstić information content (AvgIpc) is 2.30. The van der Waals surface area contributed by atoms with Gasteiger partial charge in [-0.15, -0.1) is 0 Å². The summed E-state index contributed by atoms with van der Waals surface area (Å²) in [6.45, 7) is 14.2. The zero-order valence-electron chi connectivity index (χ0n) is 11.3. The summed E-state index contributed by atoms with van der Waals surface area (Å²) < 4.78 is 5.06. The first kappa shape index (κ1) is 18.9. The predicted molar refractivity (Wildman–Crippen MR) is 67.5 cm³/mol. The molecule has 0 radical (unpaired) electrons. The molecule has 0 bridgehead atoms. The summed E-state index contributed by atoms with van der Waals surface area (Å²) in [4.78, 5) is 0. The van der Waals surface area contributed by atoms with Crippen LogP contribution < -0.4 is 0 Å². The van der Waals surface area contributed by atoms with E-state index in [4.69, 9.17) is 4.74 Å². The predicted octanol–water partition coefficient (Wildman–Crippen LogP) is 4.95. The van der Waals surface area contributed by atoms with E-state index in [9.17, 15) is 0 Å². The van der Waals surface area contributed by atoms with Crippen LogP contribution >= 0.6 is 0 Å². The molecule has 0 spiro atoms. The number of methoxy groups -OCH3 is 1. The van der Waals surface area contributed by atoms with Crippen molar-refractivity contribution in [1.82, 2.24) is 0 Å². The smallest absolute Gasteiger partial charge is 0.114 e. The third-order valence-electron chi connectivity index (χ3n) is 1.47. The molecule has 0 aromatic carbocycles. The van der Waals surface area contributed by atoms with Gasteiger partial charge < -0.3 is 4.74 Å². The van der Waals surface area contributed by atoms with Crippen molar-refractivity contribution in [2.24, 2.45) is 0 Å². The zero-order valence-corrected chi connectivity index (χ0v) is 11.3. The molecule has 86 valence electrons. The Morgan fingerprint density at radius 3 is 1.79 bits per heavy atom. The molecule has 1 nitrogen and oxygen atoms in total. The molecule has 0 aromatic rings. The number of allylic oxidation sites excluding steroid dienone is 3. The molecule has 0 unspecified atom stereocenters. The summed E-state index contributed by atoms with van der Waals surface area (Å²) in [7, 11) is 1.69. The molecule has 0 saturated carbocycles. The van der Waals surface area contributed by atoms with Gasteiger partial charge in [-0.05, 0) is 32.4 Å². The van der Waals surface area contributed by atoms with Crippen molar-refractivity contribution in [3.63, 3.8) is 0 Å². The van der Waals surface area contributed by atoms with Crippen LogP contribution in [0.15, 0.2) is 23.5 Å². The third-order valence-corrected chi connectivity index (χ3v) is 1.47. The maximum atomic E-state index is 5.06. The second-order valence-electron chi connectivity index (χ2n) is 2.24. The van der Waals surface area contributed by atoms with E-state index in [1.165, 1.54) is 5.57 Å². The Morgan fingerprint density at radius 1 is 1.14 bits per heavy atom. The maximum absolute atomic E-state index is 5.06. The lowest BCUT2D eigenvalue weighted by Gasteiger charge is -2.00. The molecule has 0 N–H and O–H groups in total. The van der Waals surface area contributed by atoms with E-state index < -0.39 is 0 Å². The Kier molecular flexibility index (Phi) is 24.6. The van der Waals surface area contributed by atoms with Crippen LogP contribution in [0.4, 0.5) is 0 Å². The topological polar surface area (TPSA) is 9.23 Å². The minimum Gasteiger partial charge on any atom is -0.497 e. The number of ether oxygens (including phenoxy) is 1. The van der Waals surface area contributed by atoms with Gasteiger partial charge in [0, 0.05) is 0 Å². The van der Waals surface area contributed by atoms with Crippen molar-refractivity contribution in [1.29, 1.82) is 0 Å². The minimum atomic E-state index is 0.944. The van der Waals surface area contributed by atoms with Gasteiger partial charge in [-0.3, -0.25) is 0 Å². The van der Waals surface area contributed by atoms with Gasteiger partial charge in [0.05, 0.1) is 7.11 Å². The molecule has 14 heavy (non-hydrogen) atoms. The van der Waals surface area contributed by atoms with Crippen LogP contribution in [0.1, 0.15) is 54.9 Å². The maximum Gasteiger partial charge on any atom is 0.114 e. The summed E-state index contributed by atoms with van der Waals surface area (Å²) in [5, 5.41) is 0. The number of hydrogen-bond acceptors (Lipinski definition) is 1. The highest BCUT2D eigenvalue weighted by molar-refractivity contribution is 5.16. The molecule has 0 heterocycles. The minimum absolute atomic E-state index is 0.944. The highest BCUT2D eigenvalue weighted by Gasteiger charge is 1.88. The molecule has 0 saturated heterocycles. The van der Waals surface area contributed by atoms with E-state index in [1.807, 2.05) is 40.7 Å². The monoisotopic (exact) mass is 200 g/mol. The summed E-state index contributed by atoms with van der Waals surface area (Å²) in [5.41, 5.74) is 1.34. The fraction of sp³-hybridized carbons (Fsp3) is 0.692. The van der Waals surface area contributed by atoms with Crippen molar-refractivity contribution in [3.05, 3.63) is 23.5 Å². The Hall–Kier alpha value is -0.720. The molecule has 0 fully saturated rings. The lowest BCUT2D eigenvalue weighted by molar-refractivity contribution is 0.305. The SMILES string of the molecule is C/C=C(\C=C(/C)CC)OC.CC.CC. The molecule has 0 aliphatic rings. The van der Waals surface area contributed by atoms with E-state index in [-0.39, 0.29) is 0 Å². The standard InChI is InChI=1S/C9H16O.2C2H6/c1-5-8(3)7-9(6-2)10-4;2*1-2/h6-7H,5H2,1-4H3;2*1-2H3/b8-7+,9-6+;;. The van der Waals surface area contributed by atoms with Crippen LogP contribution in [0.3, 0.4) is 0 Å². The second kappa shape index (κ2) is 18.1. The quantitative estimate of drug-likeness (QED) is 0.463. The van der Waals surface area contributed by atoms with Crippen LogP contribution in [-0.2, 0) is 4.74 Å². The third kappa shape index (κ3) is 13.8. The number of hydrogen-bond donors (Lipinski definition) is 0. The van der Waals surface area contributed by atoms with Crippen LogP contribution in [-0.4, -0.2) is 7.11 Å². The zero-order chi connectivity index (χ0) is 12.0. The average molecular weight is 200 g/mol. The van der Waals surface area contributed by atoms with E-state index in [0.717, 1.165) is 12.2 Å². The molecular weight excluding hydrogens is 172 g/mol. The van der Waals surface area contributed by atoms with Crippen LogP contribution in [0.2, 0.25) is 0 Å². The summed E-state index contributed by atoms with van der Waals surface area (Å²) in [6.07, 6.45) is 5.10. The van der Waals surface area contributed by atoms with Gasteiger partial charge in [0.1, 0.15) is 5.76 Å². The highest BCUT2D eigenvalue weighted by Crippen LogP contribution is 2.05. The van der Waals surface area contributed by atoms with Gasteiger partial charge >= 0.3 is 0 Å². The van der Waals surface area contributed by atoms with Crippen LogP contribution in [0, 0.1) is 0 Å². The Labute approximate surface area is 90.9 Å². The van der Waals surface area contributed by atoms with Crippen LogP contribution in [0.25, 0.3) is 0 Å². The Morgan fingerprint density at radius 2 is 1.57 bits per heavy atom. The molecule has 0 rings (SSSR count). The van der Waals surface area contributed by atoms with Crippen molar-refractivity contribution >= 4 is 0 Å². The van der Waals surface area contributed by atoms with E-state index in [2.05, 4.69) is 19.9 Å². The fourth-order valence-electron chi connectivity index (χ4n) is 0.605. The van der Waals surface area contributed by atoms with Gasteiger partial charge in [-0.2, -0.15) is 0 Å². The van der Waals surface area contributed by atoms with Crippen molar-refractivity contribution in [2.45, 2.75) is 54.9 Å². The molecule has 0 aliphatic carbocycles. The largest absolute Gasteiger partial charge is 0.497 e.